The molecule has 0 heterocycles. The van der Waals surface area contributed by atoms with Gasteiger partial charge in [-0.3, -0.25) is 9.59 Å². The molecule has 0 aliphatic rings. The van der Waals surface area contributed by atoms with E-state index in [-0.39, 0.29) is 12.5 Å². The summed E-state index contributed by atoms with van der Waals surface area (Å²) in [6.45, 7) is 9.93. The Morgan fingerprint density at radius 3 is 1.86 bits per heavy atom. The van der Waals surface area contributed by atoms with Gasteiger partial charge in [0.15, 0.2) is 0 Å². The first kappa shape index (κ1) is 19.2. The van der Waals surface area contributed by atoms with Gasteiger partial charge in [0.25, 0.3) is 0 Å². The van der Waals surface area contributed by atoms with Crippen LogP contribution in [-0.2, 0) is 9.59 Å². The number of amides is 3. The van der Waals surface area contributed by atoms with E-state index in [4.69, 9.17) is 0 Å². The molecule has 0 aliphatic carbocycles. The third-order valence-electron chi connectivity index (χ3n) is 4.06. The fourth-order valence-corrected chi connectivity index (χ4v) is 1.47. The second-order valence-electron chi connectivity index (χ2n) is 6.83. The normalized spacial score (nSPS) is 12.5. The van der Waals surface area contributed by atoms with Crippen LogP contribution in [0.4, 0.5) is 4.79 Å². The maximum absolute atomic E-state index is 11.9. The predicted octanol–water partition coefficient (Wildman–Crippen LogP) is 0.947. The molecule has 0 rings (SSSR count). The molecule has 0 saturated carbocycles. The smallest absolute Gasteiger partial charge is 0.315 e. The molecule has 0 unspecified atom stereocenters. The van der Waals surface area contributed by atoms with E-state index in [9.17, 15) is 19.5 Å². The van der Waals surface area contributed by atoms with Crippen molar-refractivity contribution in [2.24, 2.45) is 10.8 Å². The van der Waals surface area contributed by atoms with Gasteiger partial charge in [0.2, 0.25) is 5.91 Å². The minimum Gasteiger partial charge on any atom is -0.481 e. The van der Waals surface area contributed by atoms with E-state index in [0.717, 1.165) is 0 Å². The zero-order chi connectivity index (χ0) is 17.1. The predicted molar refractivity (Wildman–Crippen MR) is 79.9 cm³/mol. The SMILES string of the molecule is CNC(=O)C(C)(C)CNC(=O)NC(C)(C)C(C)(C)C(=O)O. The Hall–Kier alpha value is -1.79. The highest BCUT2D eigenvalue weighted by molar-refractivity contribution is 5.83. The van der Waals surface area contributed by atoms with Crippen LogP contribution in [0.15, 0.2) is 0 Å². The lowest BCUT2D eigenvalue weighted by Gasteiger charge is -2.39. The summed E-state index contributed by atoms with van der Waals surface area (Å²) in [4.78, 5) is 34.8. The Kier molecular flexibility index (Phi) is 5.78. The van der Waals surface area contributed by atoms with Gasteiger partial charge in [0, 0.05) is 13.6 Å². The molecule has 0 spiro atoms. The number of rotatable bonds is 6. The highest BCUT2D eigenvalue weighted by Crippen LogP contribution is 2.30. The largest absolute Gasteiger partial charge is 0.481 e. The van der Waals surface area contributed by atoms with Crippen LogP contribution in [0, 0.1) is 10.8 Å². The summed E-state index contributed by atoms with van der Waals surface area (Å²) < 4.78 is 0. The van der Waals surface area contributed by atoms with Crippen molar-refractivity contribution < 1.29 is 19.5 Å². The lowest BCUT2D eigenvalue weighted by Crippen LogP contribution is -2.59. The molecule has 0 aromatic carbocycles. The Balaban J connectivity index is 4.72. The van der Waals surface area contributed by atoms with Gasteiger partial charge >= 0.3 is 12.0 Å². The van der Waals surface area contributed by atoms with Crippen molar-refractivity contribution in [3.8, 4) is 0 Å². The summed E-state index contributed by atoms with van der Waals surface area (Å²) in [6.07, 6.45) is 0. The van der Waals surface area contributed by atoms with E-state index in [1.807, 2.05) is 0 Å². The molecule has 0 saturated heterocycles. The molecule has 4 N–H and O–H groups in total. The van der Waals surface area contributed by atoms with Crippen LogP contribution in [0.5, 0.6) is 0 Å². The maximum atomic E-state index is 11.9. The number of nitrogens with one attached hydrogen (secondary N) is 3. The van der Waals surface area contributed by atoms with Gasteiger partial charge in [0.1, 0.15) is 0 Å². The van der Waals surface area contributed by atoms with Gasteiger partial charge in [-0.25, -0.2) is 4.79 Å². The van der Waals surface area contributed by atoms with E-state index >= 15 is 0 Å². The third kappa shape index (κ3) is 4.61. The second kappa shape index (κ2) is 6.32. The molecule has 0 bridgehead atoms. The van der Waals surface area contributed by atoms with Crippen molar-refractivity contribution in [3.63, 3.8) is 0 Å². The summed E-state index contributed by atoms with van der Waals surface area (Å²) in [5, 5.41) is 17.0. The number of hydrogen-bond acceptors (Lipinski definition) is 3. The summed E-state index contributed by atoms with van der Waals surface area (Å²) in [5.41, 5.74) is -2.85. The first-order valence-corrected chi connectivity index (χ1v) is 6.79. The third-order valence-corrected chi connectivity index (χ3v) is 4.06. The molecule has 0 atom stereocenters. The average Bonchev–Trinajstić information content (AvgIpc) is 2.34. The van der Waals surface area contributed by atoms with Crippen molar-refractivity contribution in [3.05, 3.63) is 0 Å². The molecule has 0 radical (unpaired) electrons. The number of carbonyl (C=O) groups excluding carboxylic acids is 2. The van der Waals surface area contributed by atoms with Gasteiger partial charge < -0.3 is 21.1 Å². The molecule has 7 heteroatoms. The van der Waals surface area contributed by atoms with Crippen LogP contribution in [0.1, 0.15) is 41.5 Å². The van der Waals surface area contributed by atoms with Gasteiger partial charge in [-0.1, -0.05) is 0 Å². The number of hydrogen-bond donors (Lipinski definition) is 4. The van der Waals surface area contributed by atoms with Crippen LogP contribution in [0.2, 0.25) is 0 Å². The molecule has 3 amide bonds. The topological polar surface area (TPSA) is 108 Å². The quantitative estimate of drug-likeness (QED) is 0.585. The van der Waals surface area contributed by atoms with Crippen LogP contribution in [0.25, 0.3) is 0 Å². The van der Waals surface area contributed by atoms with E-state index < -0.39 is 28.4 Å². The van der Waals surface area contributed by atoms with Gasteiger partial charge in [-0.2, -0.15) is 0 Å². The Morgan fingerprint density at radius 2 is 1.48 bits per heavy atom. The van der Waals surface area contributed by atoms with E-state index in [1.165, 1.54) is 7.05 Å². The van der Waals surface area contributed by atoms with Gasteiger partial charge in [-0.15, -0.1) is 0 Å². The van der Waals surface area contributed by atoms with Crippen LogP contribution in [-0.4, -0.2) is 42.1 Å². The highest BCUT2D eigenvalue weighted by atomic mass is 16.4. The van der Waals surface area contributed by atoms with E-state index in [1.54, 1.807) is 41.5 Å². The highest BCUT2D eigenvalue weighted by Gasteiger charge is 2.44. The zero-order valence-corrected chi connectivity index (χ0v) is 13.9. The Labute approximate surface area is 125 Å². The minimum atomic E-state index is -1.14. The van der Waals surface area contributed by atoms with E-state index in [0.29, 0.717) is 0 Å². The number of urea groups is 1. The lowest BCUT2D eigenvalue weighted by molar-refractivity contribution is -0.150. The molecular formula is C14H27N3O4. The standard InChI is InChI=1S/C14H27N3O4/c1-12(2,9(18)15-7)8-16-11(21)17-14(5,6)13(3,4)10(19)20/h8H2,1-7H3,(H,15,18)(H,19,20)(H2,16,17,21). The first-order chi connectivity index (χ1) is 9.28. The van der Waals surface area contributed by atoms with E-state index in [2.05, 4.69) is 16.0 Å². The summed E-state index contributed by atoms with van der Waals surface area (Å²) in [5.74, 6) is -1.19. The fraction of sp³-hybridized carbons (Fsp3) is 0.786. The van der Waals surface area contributed by atoms with Crippen molar-refractivity contribution >= 4 is 17.9 Å². The van der Waals surface area contributed by atoms with Crippen LogP contribution >= 0.6 is 0 Å². The van der Waals surface area contributed by atoms with Crippen molar-refractivity contribution in [2.45, 2.75) is 47.1 Å². The lowest BCUT2D eigenvalue weighted by atomic mass is 9.74. The molecule has 0 aromatic rings. The minimum absolute atomic E-state index is 0.141. The first-order valence-electron chi connectivity index (χ1n) is 6.79. The molecular weight excluding hydrogens is 274 g/mol. The molecule has 0 aliphatic heterocycles. The van der Waals surface area contributed by atoms with Gasteiger partial charge in [0.05, 0.1) is 16.4 Å². The maximum Gasteiger partial charge on any atom is 0.315 e. The second-order valence-corrected chi connectivity index (χ2v) is 6.83. The summed E-state index contributed by atoms with van der Waals surface area (Å²) >= 11 is 0. The number of carboxylic acid groups (broad SMARTS) is 1. The molecule has 0 aromatic heterocycles. The number of aliphatic carboxylic acids is 1. The van der Waals surface area contributed by atoms with Crippen molar-refractivity contribution in [1.29, 1.82) is 0 Å². The Morgan fingerprint density at radius 1 is 1.00 bits per heavy atom. The zero-order valence-electron chi connectivity index (χ0n) is 13.9. The number of carbonyl (C=O) groups is 3. The average molecular weight is 301 g/mol. The Bertz CT molecular complexity index is 428. The summed E-state index contributed by atoms with van der Waals surface area (Å²) in [6, 6.07) is -0.508. The van der Waals surface area contributed by atoms with Crippen molar-refractivity contribution in [1.82, 2.24) is 16.0 Å². The van der Waals surface area contributed by atoms with Crippen LogP contribution in [0.3, 0.4) is 0 Å². The monoisotopic (exact) mass is 301 g/mol. The fourth-order valence-electron chi connectivity index (χ4n) is 1.47. The molecule has 122 valence electrons. The van der Waals surface area contributed by atoms with Crippen molar-refractivity contribution in [2.75, 3.05) is 13.6 Å². The summed E-state index contributed by atoms with van der Waals surface area (Å²) in [7, 11) is 1.53. The van der Waals surface area contributed by atoms with Gasteiger partial charge in [-0.05, 0) is 41.5 Å². The number of carboxylic acids is 1. The molecule has 7 nitrogen and oxygen atoms in total. The molecule has 21 heavy (non-hydrogen) atoms. The molecule has 0 fully saturated rings. The van der Waals surface area contributed by atoms with Crippen LogP contribution < -0.4 is 16.0 Å².